The molecule has 1 aromatic carbocycles. The standard InChI is InChI=1S/C14H15NO3/c1-2-7-15(9-10-3-4-10)14(18)11-5-6-12(16)13(17)8-11/h1,5-6,8,10,16-17H,3-4,7,9H2. The summed E-state index contributed by atoms with van der Waals surface area (Å²) in [6, 6.07) is 4.04. The Balaban J connectivity index is 2.15. The first-order valence-electron chi connectivity index (χ1n) is 5.86. The normalized spacial score (nSPS) is 13.9. The minimum atomic E-state index is -0.298. The lowest BCUT2D eigenvalue weighted by Gasteiger charge is -2.20. The summed E-state index contributed by atoms with van der Waals surface area (Å²) in [7, 11) is 0. The van der Waals surface area contributed by atoms with Crippen LogP contribution in [0.3, 0.4) is 0 Å². The average Bonchev–Trinajstić information content (AvgIpc) is 3.15. The van der Waals surface area contributed by atoms with E-state index in [0.717, 1.165) is 12.8 Å². The molecule has 1 fully saturated rings. The highest BCUT2D eigenvalue weighted by atomic mass is 16.3. The zero-order valence-electron chi connectivity index (χ0n) is 9.97. The van der Waals surface area contributed by atoms with E-state index >= 15 is 0 Å². The third-order valence-corrected chi connectivity index (χ3v) is 2.97. The van der Waals surface area contributed by atoms with Gasteiger partial charge in [0.25, 0.3) is 5.91 Å². The van der Waals surface area contributed by atoms with Crippen molar-refractivity contribution in [1.82, 2.24) is 4.90 Å². The Morgan fingerprint density at radius 2 is 2.11 bits per heavy atom. The second-order valence-corrected chi connectivity index (χ2v) is 4.54. The second-order valence-electron chi connectivity index (χ2n) is 4.54. The summed E-state index contributed by atoms with van der Waals surface area (Å²) in [5, 5.41) is 18.6. The highest BCUT2D eigenvalue weighted by Gasteiger charge is 2.27. The summed E-state index contributed by atoms with van der Waals surface area (Å²) in [6.45, 7) is 0.918. The van der Waals surface area contributed by atoms with Crippen molar-refractivity contribution in [1.29, 1.82) is 0 Å². The van der Waals surface area contributed by atoms with Crippen LogP contribution in [-0.2, 0) is 0 Å². The van der Waals surface area contributed by atoms with Gasteiger partial charge in [-0.05, 0) is 37.0 Å². The zero-order valence-corrected chi connectivity index (χ0v) is 9.97. The molecule has 0 radical (unpaired) electrons. The largest absolute Gasteiger partial charge is 0.504 e. The Labute approximate surface area is 106 Å². The van der Waals surface area contributed by atoms with Gasteiger partial charge in [-0.25, -0.2) is 0 Å². The Hall–Kier alpha value is -2.15. The van der Waals surface area contributed by atoms with Gasteiger partial charge in [-0.15, -0.1) is 6.42 Å². The Kier molecular flexibility index (Phi) is 3.42. The lowest BCUT2D eigenvalue weighted by molar-refractivity contribution is 0.0769. The number of hydrogen-bond acceptors (Lipinski definition) is 3. The molecular formula is C14H15NO3. The Morgan fingerprint density at radius 3 is 2.67 bits per heavy atom. The fraction of sp³-hybridized carbons (Fsp3) is 0.357. The van der Waals surface area contributed by atoms with E-state index in [4.69, 9.17) is 6.42 Å². The van der Waals surface area contributed by atoms with Crippen LogP contribution in [0.15, 0.2) is 18.2 Å². The van der Waals surface area contributed by atoms with E-state index in [2.05, 4.69) is 5.92 Å². The number of amides is 1. The molecule has 1 saturated carbocycles. The van der Waals surface area contributed by atoms with Crippen LogP contribution in [-0.4, -0.2) is 34.1 Å². The maximum atomic E-state index is 12.2. The van der Waals surface area contributed by atoms with Gasteiger partial charge in [-0.2, -0.15) is 0 Å². The van der Waals surface area contributed by atoms with E-state index in [1.807, 2.05) is 0 Å². The number of phenols is 2. The van der Waals surface area contributed by atoms with Gasteiger partial charge in [0.2, 0.25) is 0 Å². The molecule has 0 saturated heterocycles. The van der Waals surface area contributed by atoms with Crippen LogP contribution < -0.4 is 0 Å². The quantitative estimate of drug-likeness (QED) is 0.625. The summed E-state index contributed by atoms with van der Waals surface area (Å²) in [4.78, 5) is 13.8. The molecule has 0 aliphatic heterocycles. The van der Waals surface area contributed by atoms with Gasteiger partial charge in [0.1, 0.15) is 0 Å². The van der Waals surface area contributed by atoms with Gasteiger partial charge in [-0.3, -0.25) is 4.79 Å². The molecule has 1 amide bonds. The summed E-state index contributed by atoms with van der Waals surface area (Å²) >= 11 is 0. The minimum absolute atomic E-state index is 0.213. The van der Waals surface area contributed by atoms with Crippen molar-refractivity contribution in [3.8, 4) is 23.8 Å². The number of nitrogens with zero attached hydrogens (tertiary/aromatic N) is 1. The van der Waals surface area contributed by atoms with Crippen LogP contribution in [0.4, 0.5) is 0 Å². The van der Waals surface area contributed by atoms with Crippen LogP contribution in [0.25, 0.3) is 0 Å². The molecule has 1 aliphatic rings. The molecule has 2 N–H and O–H groups in total. The van der Waals surface area contributed by atoms with E-state index < -0.39 is 0 Å². The first-order valence-corrected chi connectivity index (χ1v) is 5.86. The Bertz CT molecular complexity index is 500. The van der Waals surface area contributed by atoms with Gasteiger partial charge in [0, 0.05) is 12.1 Å². The van der Waals surface area contributed by atoms with Gasteiger partial charge in [0.05, 0.1) is 6.54 Å². The topological polar surface area (TPSA) is 60.8 Å². The molecule has 18 heavy (non-hydrogen) atoms. The monoisotopic (exact) mass is 245 g/mol. The van der Waals surface area contributed by atoms with Crippen molar-refractivity contribution in [3.05, 3.63) is 23.8 Å². The number of carbonyl (C=O) groups excluding carboxylic acids is 1. The van der Waals surface area contributed by atoms with E-state index in [1.54, 1.807) is 4.90 Å². The fourth-order valence-corrected chi connectivity index (χ4v) is 1.78. The Morgan fingerprint density at radius 1 is 1.39 bits per heavy atom. The summed E-state index contributed by atoms with van der Waals surface area (Å²) in [6.07, 6.45) is 7.53. The lowest BCUT2D eigenvalue weighted by Crippen LogP contribution is -2.33. The van der Waals surface area contributed by atoms with Crippen molar-refractivity contribution in [2.75, 3.05) is 13.1 Å². The van der Waals surface area contributed by atoms with Gasteiger partial charge in [0.15, 0.2) is 11.5 Å². The summed E-state index contributed by atoms with van der Waals surface area (Å²) in [5.41, 5.74) is 0.334. The van der Waals surface area contributed by atoms with Crippen LogP contribution >= 0.6 is 0 Å². The van der Waals surface area contributed by atoms with Gasteiger partial charge < -0.3 is 15.1 Å². The molecule has 4 nitrogen and oxygen atoms in total. The highest BCUT2D eigenvalue weighted by molar-refractivity contribution is 5.95. The molecule has 0 unspecified atom stereocenters. The zero-order chi connectivity index (χ0) is 13.1. The van der Waals surface area contributed by atoms with Gasteiger partial charge >= 0.3 is 0 Å². The molecule has 1 aliphatic carbocycles. The van der Waals surface area contributed by atoms with E-state index in [9.17, 15) is 15.0 Å². The third-order valence-electron chi connectivity index (χ3n) is 2.97. The third kappa shape index (κ3) is 2.75. The molecule has 0 atom stereocenters. The molecule has 0 bridgehead atoms. The van der Waals surface area contributed by atoms with E-state index in [-0.39, 0.29) is 24.0 Å². The molecule has 94 valence electrons. The maximum absolute atomic E-state index is 12.2. The smallest absolute Gasteiger partial charge is 0.254 e. The van der Waals surface area contributed by atoms with E-state index in [1.165, 1.54) is 18.2 Å². The predicted molar refractivity (Wildman–Crippen MR) is 67.2 cm³/mol. The fourth-order valence-electron chi connectivity index (χ4n) is 1.78. The van der Waals surface area contributed by atoms with Crippen LogP contribution in [0.5, 0.6) is 11.5 Å². The van der Waals surface area contributed by atoms with Crippen LogP contribution in [0.1, 0.15) is 23.2 Å². The van der Waals surface area contributed by atoms with Crippen LogP contribution in [0, 0.1) is 18.3 Å². The van der Waals surface area contributed by atoms with E-state index in [0.29, 0.717) is 18.0 Å². The molecule has 2 rings (SSSR count). The number of aromatic hydroxyl groups is 2. The predicted octanol–water partition coefficient (Wildman–Crippen LogP) is 1.58. The number of terminal acetylenes is 1. The first-order chi connectivity index (χ1) is 8.61. The lowest BCUT2D eigenvalue weighted by atomic mass is 10.1. The second kappa shape index (κ2) is 5.01. The molecule has 0 heterocycles. The average molecular weight is 245 g/mol. The maximum Gasteiger partial charge on any atom is 0.254 e. The number of benzene rings is 1. The van der Waals surface area contributed by atoms with Crippen molar-refractivity contribution in [2.24, 2.45) is 5.92 Å². The molecular weight excluding hydrogens is 230 g/mol. The summed E-state index contributed by atoms with van der Waals surface area (Å²) < 4.78 is 0. The van der Waals surface area contributed by atoms with Gasteiger partial charge in [-0.1, -0.05) is 5.92 Å². The summed E-state index contributed by atoms with van der Waals surface area (Å²) in [5.74, 6) is 2.27. The van der Waals surface area contributed by atoms with Crippen molar-refractivity contribution in [3.63, 3.8) is 0 Å². The molecule has 1 aromatic rings. The van der Waals surface area contributed by atoms with Crippen LogP contribution in [0.2, 0.25) is 0 Å². The molecule has 0 spiro atoms. The number of hydrogen-bond donors (Lipinski definition) is 2. The van der Waals surface area contributed by atoms with Crippen molar-refractivity contribution in [2.45, 2.75) is 12.8 Å². The van der Waals surface area contributed by atoms with Crippen molar-refractivity contribution >= 4 is 5.91 Å². The minimum Gasteiger partial charge on any atom is -0.504 e. The highest BCUT2D eigenvalue weighted by Crippen LogP contribution is 2.31. The number of rotatable bonds is 4. The SMILES string of the molecule is C#CCN(CC1CC1)C(=O)c1ccc(O)c(O)c1. The number of phenolic OH excluding ortho intramolecular Hbond substituents is 2. The molecule has 0 aromatic heterocycles. The molecule has 4 heteroatoms. The first kappa shape index (κ1) is 12.3. The van der Waals surface area contributed by atoms with Crippen molar-refractivity contribution < 1.29 is 15.0 Å². The number of carbonyl (C=O) groups is 1.